The van der Waals surface area contributed by atoms with Crippen LogP contribution in [0, 0.1) is 6.92 Å². The summed E-state index contributed by atoms with van der Waals surface area (Å²) in [5.74, 6) is 0.449. The van der Waals surface area contributed by atoms with Crippen molar-refractivity contribution >= 4 is 29.0 Å². The summed E-state index contributed by atoms with van der Waals surface area (Å²) in [6.45, 7) is 2.04. The lowest BCUT2D eigenvalue weighted by atomic mass is 10.00. The van der Waals surface area contributed by atoms with E-state index in [4.69, 9.17) is 28.9 Å². The average Bonchev–Trinajstić information content (AvgIpc) is 2.80. The highest BCUT2D eigenvalue weighted by Crippen LogP contribution is 2.36. The number of rotatable bonds is 2. The van der Waals surface area contributed by atoms with E-state index in [9.17, 15) is 0 Å². The van der Waals surface area contributed by atoms with Gasteiger partial charge in [0.1, 0.15) is 0 Å². The lowest BCUT2D eigenvalue weighted by Gasteiger charge is -2.06. The van der Waals surface area contributed by atoms with Gasteiger partial charge >= 0.3 is 0 Å². The first-order valence-electron chi connectivity index (χ1n) is 6.42. The molecule has 0 amide bonds. The first kappa shape index (κ1) is 14.0. The summed E-state index contributed by atoms with van der Waals surface area (Å²) in [5.41, 5.74) is 10.7. The fourth-order valence-electron chi connectivity index (χ4n) is 2.28. The summed E-state index contributed by atoms with van der Waals surface area (Å²) in [5, 5.41) is 8.22. The number of nitrogens with zero attached hydrogens (tertiary/aromatic N) is 1. The van der Waals surface area contributed by atoms with Crippen molar-refractivity contribution < 1.29 is 0 Å². The van der Waals surface area contributed by atoms with Crippen LogP contribution < -0.4 is 5.73 Å². The largest absolute Gasteiger partial charge is 0.382 e. The molecule has 21 heavy (non-hydrogen) atoms. The Bertz CT molecular complexity index is 772. The van der Waals surface area contributed by atoms with E-state index in [-0.39, 0.29) is 0 Å². The highest BCUT2D eigenvalue weighted by Gasteiger charge is 2.15. The Balaban J connectivity index is 2.19. The predicted octanol–water partition coefficient (Wildman–Crippen LogP) is 4.94. The summed E-state index contributed by atoms with van der Waals surface area (Å²) in [4.78, 5) is 0. The summed E-state index contributed by atoms with van der Waals surface area (Å²) in [6, 6.07) is 13.5. The minimum atomic E-state index is 0.449. The van der Waals surface area contributed by atoms with Gasteiger partial charge in [0.15, 0.2) is 5.82 Å². The van der Waals surface area contributed by atoms with Gasteiger partial charge < -0.3 is 5.73 Å². The van der Waals surface area contributed by atoms with E-state index in [0.717, 1.165) is 22.4 Å². The zero-order chi connectivity index (χ0) is 15.0. The molecule has 5 heteroatoms. The third kappa shape index (κ3) is 2.75. The van der Waals surface area contributed by atoms with Crippen LogP contribution in [0.3, 0.4) is 0 Å². The third-order valence-electron chi connectivity index (χ3n) is 3.29. The molecule has 0 spiro atoms. The zero-order valence-corrected chi connectivity index (χ0v) is 12.8. The van der Waals surface area contributed by atoms with Crippen LogP contribution in [-0.2, 0) is 0 Å². The SMILES string of the molecule is Cc1ccc(-c2c(N)n[nH]c2-c2cc(Cl)cc(Cl)c2)cc1. The van der Waals surface area contributed by atoms with Crippen molar-refractivity contribution in [3.63, 3.8) is 0 Å². The standard InChI is InChI=1S/C16H13Cl2N3/c1-9-2-4-10(5-3-9)14-15(20-21-16(14)19)11-6-12(17)8-13(18)7-11/h2-8H,1H3,(H3,19,20,21). The smallest absolute Gasteiger partial charge is 0.153 e. The molecule has 3 rings (SSSR count). The number of aromatic nitrogens is 2. The van der Waals surface area contributed by atoms with E-state index in [1.165, 1.54) is 5.56 Å². The Morgan fingerprint density at radius 1 is 0.952 bits per heavy atom. The molecule has 0 aliphatic rings. The second-order valence-corrected chi connectivity index (χ2v) is 5.76. The second kappa shape index (κ2) is 5.43. The molecule has 3 N–H and O–H groups in total. The lowest BCUT2D eigenvalue weighted by molar-refractivity contribution is 1.10. The molecule has 106 valence electrons. The number of nitrogens with two attached hydrogens (primary N) is 1. The van der Waals surface area contributed by atoms with Crippen molar-refractivity contribution in [1.29, 1.82) is 0 Å². The Labute approximate surface area is 132 Å². The number of hydrogen-bond acceptors (Lipinski definition) is 2. The number of aromatic amines is 1. The highest BCUT2D eigenvalue weighted by atomic mass is 35.5. The van der Waals surface area contributed by atoms with Gasteiger partial charge in [0.05, 0.1) is 11.3 Å². The minimum Gasteiger partial charge on any atom is -0.382 e. The Hall–Kier alpha value is -1.97. The molecule has 0 aliphatic carbocycles. The molecule has 0 unspecified atom stereocenters. The van der Waals surface area contributed by atoms with Crippen LogP contribution in [0.25, 0.3) is 22.4 Å². The molecule has 0 bridgehead atoms. The number of nitrogen functional groups attached to an aromatic ring is 1. The molecule has 1 aromatic heterocycles. The first-order valence-corrected chi connectivity index (χ1v) is 7.17. The maximum atomic E-state index is 6.08. The molecular formula is C16H13Cl2N3. The Morgan fingerprint density at radius 2 is 1.57 bits per heavy atom. The van der Waals surface area contributed by atoms with Crippen LogP contribution >= 0.6 is 23.2 Å². The molecule has 2 aromatic carbocycles. The van der Waals surface area contributed by atoms with Crippen molar-refractivity contribution in [2.24, 2.45) is 0 Å². The molecule has 0 aliphatic heterocycles. The van der Waals surface area contributed by atoms with Gasteiger partial charge in [-0.3, -0.25) is 5.10 Å². The van der Waals surface area contributed by atoms with Crippen LogP contribution in [-0.4, -0.2) is 10.2 Å². The van der Waals surface area contributed by atoms with Gasteiger partial charge in [0.25, 0.3) is 0 Å². The van der Waals surface area contributed by atoms with Gasteiger partial charge in [-0.2, -0.15) is 5.10 Å². The van der Waals surface area contributed by atoms with Crippen molar-refractivity contribution in [1.82, 2.24) is 10.2 Å². The quantitative estimate of drug-likeness (QED) is 0.703. The van der Waals surface area contributed by atoms with E-state index < -0.39 is 0 Å². The molecule has 1 heterocycles. The monoisotopic (exact) mass is 317 g/mol. The number of halogens is 2. The van der Waals surface area contributed by atoms with Gasteiger partial charge in [0, 0.05) is 15.6 Å². The molecule has 0 fully saturated rings. The number of hydrogen-bond donors (Lipinski definition) is 2. The molecule has 0 saturated carbocycles. The van der Waals surface area contributed by atoms with Crippen molar-refractivity contribution in [2.45, 2.75) is 6.92 Å². The van der Waals surface area contributed by atoms with Gasteiger partial charge in [-0.15, -0.1) is 0 Å². The molecule has 3 aromatic rings. The fraction of sp³-hybridized carbons (Fsp3) is 0.0625. The predicted molar refractivity (Wildman–Crippen MR) is 88.6 cm³/mol. The summed E-state index contributed by atoms with van der Waals surface area (Å²) in [6.07, 6.45) is 0. The minimum absolute atomic E-state index is 0.449. The first-order chi connectivity index (χ1) is 10.0. The van der Waals surface area contributed by atoms with Crippen LogP contribution in [0.5, 0.6) is 0 Å². The lowest BCUT2D eigenvalue weighted by Crippen LogP contribution is -1.89. The summed E-state index contributed by atoms with van der Waals surface area (Å²) >= 11 is 12.2. The fourth-order valence-corrected chi connectivity index (χ4v) is 2.80. The van der Waals surface area contributed by atoms with Gasteiger partial charge in [-0.05, 0) is 30.7 Å². The normalized spacial score (nSPS) is 10.8. The van der Waals surface area contributed by atoms with Crippen molar-refractivity contribution in [3.8, 4) is 22.4 Å². The molecule has 0 radical (unpaired) electrons. The van der Waals surface area contributed by atoms with Crippen molar-refractivity contribution in [2.75, 3.05) is 5.73 Å². The summed E-state index contributed by atoms with van der Waals surface area (Å²) in [7, 11) is 0. The van der Waals surface area contributed by atoms with Crippen LogP contribution in [0.1, 0.15) is 5.56 Å². The van der Waals surface area contributed by atoms with E-state index in [1.54, 1.807) is 6.07 Å². The maximum absolute atomic E-state index is 6.08. The number of benzene rings is 2. The van der Waals surface area contributed by atoms with E-state index in [0.29, 0.717) is 15.9 Å². The second-order valence-electron chi connectivity index (χ2n) is 4.88. The summed E-state index contributed by atoms with van der Waals surface area (Å²) < 4.78 is 0. The van der Waals surface area contributed by atoms with Crippen molar-refractivity contribution in [3.05, 3.63) is 58.1 Å². The van der Waals surface area contributed by atoms with E-state index in [1.807, 2.05) is 43.3 Å². The third-order valence-corrected chi connectivity index (χ3v) is 3.72. The van der Waals surface area contributed by atoms with Gasteiger partial charge in [-0.1, -0.05) is 53.0 Å². The van der Waals surface area contributed by atoms with Crippen LogP contribution in [0.15, 0.2) is 42.5 Å². The van der Waals surface area contributed by atoms with Gasteiger partial charge in [-0.25, -0.2) is 0 Å². The van der Waals surface area contributed by atoms with Crippen LogP contribution in [0.4, 0.5) is 5.82 Å². The van der Waals surface area contributed by atoms with E-state index >= 15 is 0 Å². The topological polar surface area (TPSA) is 54.7 Å². The molecule has 0 atom stereocenters. The zero-order valence-electron chi connectivity index (χ0n) is 11.3. The Morgan fingerprint density at radius 3 is 2.19 bits per heavy atom. The molecule has 0 saturated heterocycles. The van der Waals surface area contributed by atoms with Gasteiger partial charge in [0.2, 0.25) is 0 Å². The highest BCUT2D eigenvalue weighted by molar-refractivity contribution is 6.35. The number of H-pyrrole nitrogens is 1. The number of anilines is 1. The molecular weight excluding hydrogens is 305 g/mol. The van der Waals surface area contributed by atoms with E-state index in [2.05, 4.69) is 10.2 Å². The number of nitrogens with one attached hydrogen (secondary N) is 1. The van der Waals surface area contributed by atoms with Crippen LogP contribution in [0.2, 0.25) is 10.0 Å². The molecule has 3 nitrogen and oxygen atoms in total. The number of aryl methyl sites for hydroxylation is 1. The average molecular weight is 318 g/mol. The maximum Gasteiger partial charge on any atom is 0.153 e. The Kier molecular flexibility index (Phi) is 3.62.